The predicted molar refractivity (Wildman–Crippen MR) is 48.8 cm³/mol. The van der Waals surface area contributed by atoms with Gasteiger partial charge >= 0.3 is 0 Å². The molecule has 1 heterocycles. The Hall–Kier alpha value is -1.57. The van der Waals surface area contributed by atoms with Crippen LogP contribution in [0.3, 0.4) is 0 Å². The van der Waals surface area contributed by atoms with Crippen molar-refractivity contribution in [3.05, 3.63) is 43.6 Å². The molecule has 1 aromatic carbocycles. The van der Waals surface area contributed by atoms with E-state index in [0.717, 1.165) is 16.7 Å². The van der Waals surface area contributed by atoms with Crippen LogP contribution in [0.25, 0.3) is 10.9 Å². The van der Waals surface area contributed by atoms with E-state index in [1.54, 1.807) is 6.20 Å². The Morgan fingerprint density at radius 1 is 1.17 bits per heavy atom. The Morgan fingerprint density at radius 3 is 2.83 bits per heavy atom. The van der Waals surface area contributed by atoms with Crippen LogP contribution in [-0.2, 0) is 0 Å². The lowest BCUT2D eigenvalue weighted by molar-refractivity contribution is 0.189. The summed E-state index contributed by atoms with van der Waals surface area (Å²) in [6.45, 7) is 0. The molecule has 0 saturated heterocycles. The highest BCUT2D eigenvalue weighted by Gasteiger charge is 2.01. The predicted octanol–water partition coefficient (Wildman–Crippen LogP) is 2.27. The number of para-hydroxylation sites is 1. The second-order valence-corrected chi connectivity index (χ2v) is 2.51. The van der Waals surface area contributed by atoms with Crippen LogP contribution in [0, 0.1) is 7.11 Å². The molecule has 2 heteroatoms. The number of nitrogens with zero attached hydrogens (tertiary/aromatic N) is 1. The Morgan fingerprint density at radius 2 is 2.00 bits per heavy atom. The van der Waals surface area contributed by atoms with E-state index in [2.05, 4.69) is 16.8 Å². The van der Waals surface area contributed by atoms with Crippen molar-refractivity contribution in [2.75, 3.05) is 0 Å². The molecule has 0 amide bonds. The topological polar surface area (TPSA) is 25.7 Å². The molecule has 0 atom stereocenters. The van der Waals surface area contributed by atoms with Gasteiger partial charge in [0.1, 0.15) is 0 Å². The Kier molecular flexibility index (Phi) is 1.67. The van der Waals surface area contributed by atoms with Crippen molar-refractivity contribution in [1.29, 1.82) is 0 Å². The van der Waals surface area contributed by atoms with Gasteiger partial charge in [0.25, 0.3) is 0 Å². The lowest BCUT2D eigenvalue weighted by atomic mass is 10.2. The van der Waals surface area contributed by atoms with Crippen LogP contribution in [0.4, 0.5) is 0 Å². The summed E-state index contributed by atoms with van der Waals surface area (Å²) >= 11 is 0. The highest BCUT2D eigenvalue weighted by atomic mass is 16.5. The molecular weight excluding hydrogens is 150 g/mol. The molecule has 0 saturated carbocycles. The van der Waals surface area contributed by atoms with Crippen molar-refractivity contribution in [2.45, 2.75) is 0 Å². The summed E-state index contributed by atoms with van der Waals surface area (Å²) in [6, 6.07) is 9.74. The van der Waals surface area contributed by atoms with Crippen LogP contribution in [-0.4, -0.2) is 9.72 Å². The number of hydrogen-bond donors (Lipinski definition) is 0. The number of benzene rings is 1. The molecule has 0 aliphatic rings. The maximum atomic E-state index is 4.20. The van der Waals surface area contributed by atoms with Crippen LogP contribution < -0.4 is 0 Å². The van der Waals surface area contributed by atoms with E-state index in [0.29, 0.717) is 0 Å². The largest absolute Gasteiger partial charge is 0.721 e. The van der Waals surface area contributed by atoms with E-state index in [1.807, 2.05) is 30.3 Å². The summed E-state index contributed by atoms with van der Waals surface area (Å²) in [4.78, 5) is 4.20. The number of hydrogen-bond acceptors (Lipinski definition) is 1. The fourth-order valence-electron chi connectivity index (χ4n) is 1.22. The SMILES string of the molecule is [CH2-][OH+]c1ccnc2ccccc12. The number of rotatable bonds is 1. The molecule has 1 aromatic heterocycles. The summed E-state index contributed by atoms with van der Waals surface area (Å²) in [5.41, 5.74) is 0.961. The van der Waals surface area contributed by atoms with Crippen LogP contribution in [0.2, 0.25) is 0 Å². The lowest BCUT2D eigenvalue weighted by Gasteiger charge is -2.05. The summed E-state index contributed by atoms with van der Waals surface area (Å²) in [5, 5.41) is 1.05. The number of fused-ring (bicyclic) bond motifs is 1. The minimum Gasteiger partial charge on any atom is -0.721 e. The monoisotopic (exact) mass is 159 g/mol. The third-order valence-electron chi connectivity index (χ3n) is 1.80. The first kappa shape index (κ1) is 7.10. The van der Waals surface area contributed by atoms with Gasteiger partial charge < -0.3 is 4.74 Å². The maximum Gasteiger partial charge on any atom is 0.237 e. The van der Waals surface area contributed by atoms with E-state index in [-0.39, 0.29) is 0 Å². The lowest BCUT2D eigenvalue weighted by Crippen LogP contribution is -1.81. The second kappa shape index (κ2) is 2.81. The van der Waals surface area contributed by atoms with Crippen LogP contribution in [0.15, 0.2) is 36.5 Å². The van der Waals surface area contributed by atoms with E-state index >= 15 is 0 Å². The molecule has 0 unspecified atom stereocenters. The smallest absolute Gasteiger partial charge is 0.237 e. The molecule has 0 aliphatic carbocycles. The van der Waals surface area contributed by atoms with Gasteiger partial charge in [-0.1, -0.05) is 12.1 Å². The summed E-state index contributed by atoms with van der Waals surface area (Å²) in [6.07, 6.45) is 1.74. The molecular formula is C10H9NO. The van der Waals surface area contributed by atoms with E-state index in [1.165, 1.54) is 0 Å². The van der Waals surface area contributed by atoms with Gasteiger partial charge in [0.05, 0.1) is 10.9 Å². The van der Waals surface area contributed by atoms with Crippen molar-refractivity contribution in [3.63, 3.8) is 0 Å². The zero-order valence-corrected chi connectivity index (χ0v) is 6.57. The van der Waals surface area contributed by atoms with Gasteiger partial charge in [-0.2, -0.15) is 0 Å². The van der Waals surface area contributed by atoms with Gasteiger partial charge in [0.2, 0.25) is 5.75 Å². The van der Waals surface area contributed by atoms with Crippen molar-refractivity contribution < 1.29 is 4.74 Å². The molecule has 12 heavy (non-hydrogen) atoms. The van der Waals surface area contributed by atoms with Crippen LogP contribution >= 0.6 is 0 Å². The second-order valence-electron chi connectivity index (χ2n) is 2.51. The van der Waals surface area contributed by atoms with Crippen molar-refractivity contribution in [1.82, 2.24) is 4.98 Å². The molecule has 0 bridgehead atoms. The average Bonchev–Trinajstić information content (AvgIpc) is 2.17. The van der Waals surface area contributed by atoms with Crippen LogP contribution in [0.5, 0.6) is 5.75 Å². The number of aliphatic hydroxyl groups is 1. The van der Waals surface area contributed by atoms with Crippen molar-refractivity contribution >= 4 is 10.9 Å². The van der Waals surface area contributed by atoms with E-state index in [9.17, 15) is 0 Å². The highest BCUT2D eigenvalue weighted by molar-refractivity contribution is 5.84. The van der Waals surface area contributed by atoms with Gasteiger partial charge in [-0.15, -0.1) is 0 Å². The number of ether oxygens (including phenoxy) is 1. The quantitative estimate of drug-likeness (QED) is 0.463. The third kappa shape index (κ3) is 1.01. The van der Waals surface area contributed by atoms with Crippen molar-refractivity contribution in [2.24, 2.45) is 0 Å². The first-order valence-corrected chi connectivity index (χ1v) is 3.72. The number of aromatic nitrogens is 1. The first-order valence-electron chi connectivity index (χ1n) is 3.72. The molecule has 2 nitrogen and oxygen atoms in total. The minimum absolute atomic E-state index is 0.889. The maximum absolute atomic E-state index is 4.20. The standard InChI is InChI=1S/C10H9NO/c1-12-10-6-7-11-9-5-3-2-4-8(9)10/h2-7,12H,1H2. The van der Waals surface area contributed by atoms with Gasteiger partial charge in [-0.3, -0.25) is 4.98 Å². The molecule has 0 aliphatic heterocycles. The molecule has 1 N–H and O–H groups in total. The van der Waals surface area contributed by atoms with E-state index in [4.69, 9.17) is 0 Å². The molecule has 0 fully saturated rings. The zero-order valence-electron chi connectivity index (χ0n) is 6.57. The fraction of sp³-hybridized carbons (Fsp3) is 0. The Bertz CT molecular complexity index is 392. The Labute approximate surface area is 70.8 Å². The minimum atomic E-state index is 0.889. The van der Waals surface area contributed by atoms with Gasteiger partial charge in [0, 0.05) is 12.3 Å². The van der Waals surface area contributed by atoms with E-state index < -0.39 is 0 Å². The average molecular weight is 159 g/mol. The number of aromatic hydroxyl groups is 1. The summed E-state index contributed by atoms with van der Waals surface area (Å²) < 4.78 is 3.91. The Balaban J connectivity index is 2.79. The molecule has 2 rings (SSSR count). The fourth-order valence-corrected chi connectivity index (χ4v) is 1.22. The molecule has 2 aromatic rings. The summed E-state index contributed by atoms with van der Waals surface area (Å²) in [7, 11) is 3.50. The van der Waals surface area contributed by atoms with Gasteiger partial charge in [-0.25, -0.2) is 0 Å². The highest BCUT2D eigenvalue weighted by Crippen LogP contribution is 2.23. The molecule has 60 valence electrons. The normalized spacial score (nSPS) is 10.1. The third-order valence-corrected chi connectivity index (χ3v) is 1.80. The molecule has 0 radical (unpaired) electrons. The van der Waals surface area contributed by atoms with Crippen molar-refractivity contribution in [3.8, 4) is 5.75 Å². The van der Waals surface area contributed by atoms with Gasteiger partial charge in [-0.05, 0) is 19.2 Å². The summed E-state index contributed by atoms with van der Waals surface area (Å²) in [5.74, 6) is 0.889. The zero-order chi connectivity index (χ0) is 8.39. The first-order chi connectivity index (χ1) is 5.92. The van der Waals surface area contributed by atoms with Gasteiger partial charge in [0.15, 0.2) is 0 Å². The number of pyridine rings is 1. The molecule has 0 spiro atoms. The van der Waals surface area contributed by atoms with Crippen LogP contribution in [0.1, 0.15) is 0 Å².